The van der Waals surface area contributed by atoms with Crippen molar-refractivity contribution in [2.24, 2.45) is 17.8 Å². The van der Waals surface area contributed by atoms with Crippen LogP contribution in [0.4, 0.5) is 0 Å². The number of hydrogen-bond donors (Lipinski definition) is 3. The molecule has 0 unspecified atom stereocenters. The number of carbonyl (C=O) groups is 2. The van der Waals surface area contributed by atoms with Crippen LogP contribution in [0, 0.1) is 17.8 Å². The third kappa shape index (κ3) is 5.81. The molecular formula is C29H33BBrNO6S. The molecule has 3 N–H and O–H groups in total. The van der Waals surface area contributed by atoms with Crippen molar-refractivity contribution in [3.8, 4) is 5.75 Å². The first-order chi connectivity index (χ1) is 18.8. The highest BCUT2D eigenvalue weighted by atomic mass is 79.9. The van der Waals surface area contributed by atoms with Gasteiger partial charge in [-0.25, -0.2) is 0 Å². The second-order valence-electron chi connectivity index (χ2n) is 10.6. The zero-order valence-electron chi connectivity index (χ0n) is 21.9. The lowest BCUT2D eigenvalue weighted by molar-refractivity contribution is -0.140. The number of aromatic hydroxyl groups is 1. The predicted octanol–water partition coefficient (Wildman–Crippen LogP) is 5.17. The number of likely N-dealkylation sites (tertiary alicyclic amines) is 1. The number of amides is 2. The molecule has 2 amide bonds. The first-order valence-corrected chi connectivity index (χ1v) is 15.2. The minimum atomic E-state index is -1.05. The Hall–Kier alpha value is -2.24. The lowest BCUT2D eigenvalue weighted by Gasteiger charge is -2.43. The van der Waals surface area contributed by atoms with E-state index >= 15 is 0 Å². The fourth-order valence-corrected chi connectivity index (χ4v) is 7.53. The minimum Gasteiger partial charge on any atom is -0.507 e. The van der Waals surface area contributed by atoms with Gasteiger partial charge in [-0.2, -0.15) is 0 Å². The quantitative estimate of drug-likeness (QED) is 0.205. The molecule has 0 saturated carbocycles. The Morgan fingerprint density at radius 1 is 1.23 bits per heavy atom. The number of hydrogen-bond acceptors (Lipinski definition) is 7. The van der Waals surface area contributed by atoms with Crippen LogP contribution in [-0.2, 0) is 20.8 Å². The molecule has 1 aromatic heterocycles. The van der Waals surface area contributed by atoms with Crippen molar-refractivity contribution in [3.63, 3.8) is 0 Å². The summed E-state index contributed by atoms with van der Waals surface area (Å²) in [7, 11) is -1.05. The van der Waals surface area contributed by atoms with E-state index in [1.807, 2.05) is 29.7 Å². The maximum atomic E-state index is 13.6. The van der Waals surface area contributed by atoms with Crippen LogP contribution in [0.1, 0.15) is 49.5 Å². The highest BCUT2D eigenvalue weighted by Crippen LogP contribution is 2.50. The van der Waals surface area contributed by atoms with Crippen molar-refractivity contribution in [3.05, 3.63) is 67.3 Å². The van der Waals surface area contributed by atoms with Crippen molar-refractivity contribution in [2.75, 3.05) is 6.61 Å². The largest absolute Gasteiger partial charge is 0.507 e. The van der Waals surface area contributed by atoms with Crippen LogP contribution < -0.4 is 0 Å². The van der Waals surface area contributed by atoms with Gasteiger partial charge in [-0.15, -0.1) is 11.3 Å². The summed E-state index contributed by atoms with van der Waals surface area (Å²) in [5.74, 6) is -1.60. The van der Waals surface area contributed by atoms with E-state index in [9.17, 15) is 24.8 Å². The van der Waals surface area contributed by atoms with E-state index in [0.29, 0.717) is 19.3 Å². The van der Waals surface area contributed by atoms with Gasteiger partial charge in [0.1, 0.15) is 5.75 Å². The summed E-state index contributed by atoms with van der Waals surface area (Å²) >= 11 is 4.98. The first-order valence-electron chi connectivity index (χ1n) is 13.5. The molecule has 1 aromatic carbocycles. The molecule has 5 rings (SSSR count). The molecule has 1 aliphatic carbocycles. The molecule has 206 valence electrons. The van der Waals surface area contributed by atoms with Crippen LogP contribution in [0.3, 0.4) is 0 Å². The number of imide groups is 1. The molecule has 3 aliphatic rings. The number of carbonyl (C=O) groups excluding carboxylic acids is 2. The maximum absolute atomic E-state index is 13.6. The van der Waals surface area contributed by atoms with Crippen LogP contribution in [0.2, 0.25) is 6.32 Å². The molecule has 2 aliphatic heterocycles. The van der Waals surface area contributed by atoms with Crippen LogP contribution in [0.5, 0.6) is 5.75 Å². The summed E-state index contributed by atoms with van der Waals surface area (Å²) in [4.78, 5) is 29.3. The zero-order chi connectivity index (χ0) is 27.7. The molecule has 0 spiro atoms. The van der Waals surface area contributed by atoms with Gasteiger partial charge in [0.15, 0.2) is 0 Å². The monoisotopic (exact) mass is 613 g/mol. The van der Waals surface area contributed by atoms with E-state index in [1.165, 1.54) is 16.2 Å². The number of phenols is 1. The zero-order valence-corrected chi connectivity index (χ0v) is 24.3. The molecule has 2 saturated heterocycles. The third-order valence-electron chi connectivity index (χ3n) is 8.13. The van der Waals surface area contributed by atoms with E-state index in [1.54, 1.807) is 12.1 Å². The highest BCUT2D eigenvalue weighted by molar-refractivity contribution is 9.10. The van der Waals surface area contributed by atoms with Crippen LogP contribution in [-0.4, -0.2) is 51.8 Å². The van der Waals surface area contributed by atoms with E-state index in [-0.39, 0.29) is 43.0 Å². The Morgan fingerprint density at radius 2 is 2.05 bits per heavy atom. The fraction of sp³-hybridized carbons (Fsp3) is 0.448. The van der Waals surface area contributed by atoms with Gasteiger partial charge in [0, 0.05) is 14.9 Å². The van der Waals surface area contributed by atoms with Gasteiger partial charge in [0.25, 0.3) is 0 Å². The highest BCUT2D eigenvalue weighted by Gasteiger charge is 2.57. The molecule has 10 heteroatoms. The van der Waals surface area contributed by atoms with E-state index in [0.717, 1.165) is 44.5 Å². The van der Waals surface area contributed by atoms with Gasteiger partial charge in [0.05, 0.1) is 31.1 Å². The fourth-order valence-electron chi connectivity index (χ4n) is 6.46. The summed E-state index contributed by atoms with van der Waals surface area (Å²) in [6.07, 6.45) is 5.09. The van der Waals surface area contributed by atoms with Crippen molar-refractivity contribution >= 4 is 52.3 Å². The Balaban J connectivity index is 1.40. The smallest absolute Gasteiger partial charge is 0.455 e. The van der Waals surface area contributed by atoms with Crippen molar-refractivity contribution in [2.45, 2.75) is 58.0 Å². The van der Waals surface area contributed by atoms with Gasteiger partial charge in [0.2, 0.25) is 11.8 Å². The van der Waals surface area contributed by atoms with Gasteiger partial charge in [-0.3, -0.25) is 14.5 Å². The lowest BCUT2D eigenvalue weighted by Crippen LogP contribution is -2.46. The first kappa shape index (κ1) is 28.3. The third-order valence-corrected chi connectivity index (χ3v) is 9.49. The number of rotatable bonds is 9. The Kier molecular flexibility index (Phi) is 8.78. The van der Waals surface area contributed by atoms with Gasteiger partial charge >= 0.3 is 7.12 Å². The number of allylic oxidation sites excluding steroid dienone is 1. The molecule has 0 radical (unpaired) electrons. The predicted molar refractivity (Wildman–Crippen MR) is 155 cm³/mol. The Morgan fingerprint density at radius 3 is 2.77 bits per heavy atom. The second kappa shape index (κ2) is 12.1. The number of aliphatic hydroxyl groups excluding tert-OH is 1. The van der Waals surface area contributed by atoms with Gasteiger partial charge in [-0.1, -0.05) is 47.0 Å². The Bertz CT molecular complexity index is 1290. The van der Waals surface area contributed by atoms with Gasteiger partial charge in [-0.05, 0) is 78.7 Å². The minimum absolute atomic E-state index is 0.192. The molecule has 3 heterocycles. The number of phenolic OH excluding ortho intramolecular Hbond substituents is 1. The average molecular weight is 614 g/mol. The summed E-state index contributed by atoms with van der Waals surface area (Å²) in [6.45, 7) is 2.15. The van der Waals surface area contributed by atoms with Gasteiger partial charge < -0.3 is 19.9 Å². The van der Waals surface area contributed by atoms with E-state index in [4.69, 9.17) is 4.65 Å². The summed E-state index contributed by atoms with van der Waals surface area (Å²) in [6, 6.07) is 9.14. The topological polar surface area (TPSA) is 107 Å². The molecular weight excluding hydrogens is 581 g/mol. The van der Waals surface area contributed by atoms with Crippen LogP contribution >= 0.6 is 27.3 Å². The second-order valence-corrected chi connectivity index (χ2v) is 12.6. The molecule has 39 heavy (non-hydrogen) atoms. The summed E-state index contributed by atoms with van der Waals surface area (Å²) in [5.41, 5.74) is 3.50. The normalized spacial score (nSPS) is 25.4. The number of halogens is 1. The van der Waals surface area contributed by atoms with Crippen LogP contribution in [0.25, 0.3) is 6.08 Å². The van der Waals surface area contributed by atoms with Crippen molar-refractivity contribution < 1.29 is 29.5 Å². The van der Waals surface area contributed by atoms with E-state index < -0.39 is 25.1 Å². The van der Waals surface area contributed by atoms with E-state index in [2.05, 4.69) is 22.9 Å². The van der Waals surface area contributed by atoms with Crippen molar-refractivity contribution in [1.82, 2.24) is 4.90 Å². The van der Waals surface area contributed by atoms with Crippen molar-refractivity contribution in [1.29, 1.82) is 0 Å². The molecule has 0 bridgehead atoms. The maximum Gasteiger partial charge on any atom is 0.455 e. The van der Waals surface area contributed by atoms with Crippen LogP contribution in [0.15, 0.2) is 56.9 Å². The SMILES string of the molecule is CCC/C(=C\c1cc(Br)ccc1O)CC[C@H]1OB(O)C[C@H]2C1=C(CO)C[C@H]1C(=O)N(Cc3cccs3)C(=O)[C@H]12. The molecule has 2 aromatic rings. The number of benzene rings is 1. The summed E-state index contributed by atoms with van der Waals surface area (Å²) < 4.78 is 6.90. The number of nitrogens with zero attached hydrogens (tertiary/aromatic N) is 1. The summed E-state index contributed by atoms with van der Waals surface area (Å²) in [5, 5.41) is 33.3. The molecule has 4 atom stereocenters. The number of aliphatic hydroxyl groups is 1. The lowest BCUT2D eigenvalue weighted by atomic mass is 9.58. The molecule has 2 fully saturated rings. The average Bonchev–Trinajstić information content (AvgIpc) is 3.51. The number of fused-ring (bicyclic) bond motifs is 3. The number of thiophene rings is 1. The molecule has 7 nitrogen and oxygen atoms in total. The Labute approximate surface area is 241 Å². The standard InChI is InChI=1S/C29H33BBrNO6S/c1-2-4-17(11-18-12-20(31)7-8-24(18)34)6-9-25-26-19(16-33)13-22-27(23(26)14-30(37)38-25)29(36)32(28(22)35)15-21-5-3-10-39-21/h3,5,7-8,10-12,22-23,25,27,33-34,37H,2,4,6,9,13-16H2,1H3/b17-11+/t22-,23+,25-,27-/m1/s1.